The number of carboxylic acids is 1. The molecule has 0 saturated carbocycles. The minimum Gasteiger partial charge on any atom is -0.479 e. The molecule has 3 aromatic carbocycles. The summed E-state index contributed by atoms with van der Waals surface area (Å²) in [5.74, 6) is -2.86. The average Bonchev–Trinajstić information content (AvgIpc) is 3.58. The third-order valence-corrected chi connectivity index (χ3v) is 7.23. The SMILES string of the molecule is O=C(C[C@H](NC(=O)OCC1c2ccccc2-c2ccccc21)C(=O)N[C@H]1CCO[C@H]1C(=O)O)OCc1ccccc1. The van der Waals surface area contributed by atoms with Crippen molar-refractivity contribution in [3.8, 4) is 11.1 Å². The van der Waals surface area contributed by atoms with Crippen LogP contribution in [-0.2, 0) is 35.2 Å². The number of esters is 1. The number of hydrogen-bond acceptors (Lipinski definition) is 7. The van der Waals surface area contributed by atoms with Gasteiger partial charge in [0.1, 0.15) is 19.3 Å². The fraction of sp³-hybridized carbons (Fsp3) is 0.290. The maximum Gasteiger partial charge on any atom is 0.407 e. The van der Waals surface area contributed by atoms with E-state index in [1.165, 1.54) is 0 Å². The Morgan fingerprint density at radius 3 is 2.17 bits per heavy atom. The van der Waals surface area contributed by atoms with E-state index < -0.39 is 48.5 Å². The lowest BCUT2D eigenvalue weighted by Crippen LogP contribution is -2.53. The zero-order valence-corrected chi connectivity index (χ0v) is 22.2. The normalized spacial score (nSPS) is 18.0. The Kier molecular flexibility index (Phi) is 8.59. The van der Waals surface area contributed by atoms with Gasteiger partial charge in [-0.25, -0.2) is 9.59 Å². The highest BCUT2D eigenvalue weighted by atomic mass is 16.6. The van der Waals surface area contributed by atoms with Crippen LogP contribution in [0.25, 0.3) is 11.1 Å². The molecule has 1 aliphatic heterocycles. The summed E-state index contributed by atoms with van der Waals surface area (Å²) in [4.78, 5) is 50.2. The topological polar surface area (TPSA) is 140 Å². The van der Waals surface area contributed by atoms with Crippen molar-refractivity contribution >= 4 is 23.9 Å². The molecule has 1 aliphatic carbocycles. The molecule has 1 saturated heterocycles. The summed E-state index contributed by atoms with van der Waals surface area (Å²) in [6.45, 7) is 0.173. The number of carbonyl (C=O) groups is 4. The predicted molar refractivity (Wildman–Crippen MR) is 147 cm³/mol. The first-order chi connectivity index (χ1) is 19.9. The minimum absolute atomic E-state index is 0.00346. The van der Waals surface area contributed by atoms with Crippen molar-refractivity contribution in [2.24, 2.45) is 0 Å². The van der Waals surface area contributed by atoms with Crippen molar-refractivity contribution in [2.75, 3.05) is 13.2 Å². The number of amides is 2. The third-order valence-electron chi connectivity index (χ3n) is 7.23. The van der Waals surface area contributed by atoms with E-state index in [4.69, 9.17) is 14.2 Å². The summed E-state index contributed by atoms with van der Waals surface area (Å²) in [6, 6.07) is 22.6. The number of ether oxygens (including phenoxy) is 3. The molecule has 3 N–H and O–H groups in total. The monoisotopic (exact) mass is 558 g/mol. The van der Waals surface area contributed by atoms with Crippen LogP contribution in [0, 0.1) is 0 Å². The maximum absolute atomic E-state index is 13.2. The fourth-order valence-corrected chi connectivity index (χ4v) is 5.22. The van der Waals surface area contributed by atoms with E-state index in [-0.39, 0.29) is 32.2 Å². The lowest BCUT2D eigenvalue weighted by molar-refractivity contribution is -0.149. The highest BCUT2D eigenvalue weighted by molar-refractivity contribution is 5.90. The van der Waals surface area contributed by atoms with Gasteiger partial charge in [0.15, 0.2) is 6.10 Å². The van der Waals surface area contributed by atoms with Gasteiger partial charge in [0.2, 0.25) is 5.91 Å². The highest BCUT2D eigenvalue weighted by Crippen LogP contribution is 2.44. The average molecular weight is 559 g/mol. The van der Waals surface area contributed by atoms with E-state index in [2.05, 4.69) is 10.6 Å². The standard InChI is InChI=1S/C31H30N2O8/c34-27(40-17-19-8-2-1-3-9-19)16-26(29(35)32-25-14-15-39-28(25)30(36)37)33-31(38)41-18-24-22-12-6-4-10-20(22)21-11-5-7-13-23(21)24/h1-13,24-26,28H,14-18H2,(H,32,35)(H,33,38)(H,36,37)/t25-,26-,28+/m0/s1. The Hall–Kier alpha value is -4.70. The molecule has 3 aromatic rings. The van der Waals surface area contributed by atoms with Crippen molar-refractivity contribution in [3.05, 3.63) is 95.6 Å². The molecule has 41 heavy (non-hydrogen) atoms. The third kappa shape index (κ3) is 6.55. The Bertz CT molecular complexity index is 1380. The highest BCUT2D eigenvalue weighted by Gasteiger charge is 2.37. The number of benzene rings is 3. The van der Waals surface area contributed by atoms with Crippen molar-refractivity contribution < 1.29 is 38.5 Å². The van der Waals surface area contributed by atoms with Gasteiger partial charge >= 0.3 is 18.0 Å². The van der Waals surface area contributed by atoms with E-state index in [1.807, 2.05) is 54.6 Å². The Morgan fingerprint density at radius 1 is 0.878 bits per heavy atom. The summed E-state index contributed by atoms with van der Waals surface area (Å²) in [5, 5.41) is 14.4. The molecule has 0 radical (unpaired) electrons. The fourth-order valence-electron chi connectivity index (χ4n) is 5.22. The smallest absolute Gasteiger partial charge is 0.407 e. The number of fused-ring (bicyclic) bond motifs is 3. The Morgan fingerprint density at radius 2 is 1.51 bits per heavy atom. The summed E-state index contributed by atoms with van der Waals surface area (Å²) >= 11 is 0. The van der Waals surface area contributed by atoms with Gasteiger partial charge in [0, 0.05) is 12.5 Å². The first kappa shape index (κ1) is 27.9. The van der Waals surface area contributed by atoms with Gasteiger partial charge in [0.05, 0.1) is 12.5 Å². The summed E-state index contributed by atoms with van der Waals surface area (Å²) in [7, 11) is 0. The molecule has 10 heteroatoms. The molecule has 212 valence electrons. The maximum atomic E-state index is 13.2. The first-order valence-electron chi connectivity index (χ1n) is 13.4. The second kappa shape index (κ2) is 12.6. The van der Waals surface area contributed by atoms with Crippen LogP contribution >= 0.6 is 0 Å². The zero-order valence-electron chi connectivity index (χ0n) is 22.2. The predicted octanol–water partition coefficient (Wildman–Crippen LogP) is 3.39. The number of nitrogens with one attached hydrogen (secondary N) is 2. The van der Waals surface area contributed by atoms with Gasteiger partial charge in [0.25, 0.3) is 0 Å². The number of rotatable bonds is 10. The number of carbonyl (C=O) groups excluding carboxylic acids is 3. The van der Waals surface area contributed by atoms with Crippen LogP contribution in [0.5, 0.6) is 0 Å². The molecule has 0 bridgehead atoms. The quantitative estimate of drug-likeness (QED) is 0.322. The number of hydrogen-bond donors (Lipinski definition) is 3. The van der Waals surface area contributed by atoms with Gasteiger partial charge in [-0.2, -0.15) is 0 Å². The second-order valence-electron chi connectivity index (χ2n) is 9.91. The minimum atomic E-state index is -1.36. The number of aliphatic carboxylic acids is 1. The molecule has 0 unspecified atom stereocenters. The van der Waals surface area contributed by atoms with Crippen LogP contribution in [0.15, 0.2) is 78.9 Å². The molecule has 0 spiro atoms. The molecule has 3 atom stereocenters. The van der Waals surface area contributed by atoms with E-state index in [9.17, 15) is 24.3 Å². The largest absolute Gasteiger partial charge is 0.479 e. The van der Waals surface area contributed by atoms with Crippen molar-refractivity contribution in [1.82, 2.24) is 10.6 Å². The van der Waals surface area contributed by atoms with Crippen LogP contribution in [-0.4, -0.2) is 60.4 Å². The Labute approximate surface area is 236 Å². The molecule has 10 nitrogen and oxygen atoms in total. The first-order valence-corrected chi connectivity index (χ1v) is 13.4. The van der Waals surface area contributed by atoms with Crippen LogP contribution in [0.3, 0.4) is 0 Å². The van der Waals surface area contributed by atoms with Gasteiger partial charge in [-0.05, 0) is 34.2 Å². The number of alkyl carbamates (subject to hydrolysis) is 1. The molecule has 1 heterocycles. The second-order valence-corrected chi connectivity index (χ2v) is 9.91. The summed E-state index contributed by atoms with van der Waals surface area (Å²) in [6.07, 6.45) is -2.31. The van der Waals surface area contributed by atoms with Crippen molar-refractivity contribution in [2.45, 2.75) is 43.6 Å². The number of carboxylic acid groups (broad SMARTS) is 1. The van der Waals surface area contributed by atoms with Crippen molar-refractivity contribution in [1.29, 1.82) is 0 Å². The molecular weight excluding hydrogens is 528 g/mol. The zero-order chi connectivity index (χ0) is 28.8. The molecule has 0 aromatic heterocycles. The molecular formula is C31H30N2O8. The van der Waals surface area contributed by atoms with Crippen LogP contribution in [0.1, 0.15) is 35.4 Å². The van der Waals surface area contributed by atoms with Crippen molar-refractivity contribution in [3.63, 3.8) is 0 Å². The lowest BCUT2D eigenvalue weighted by atomic mass is 9.98. The summed E-state index contributed by atoms with van der Waals surface area (Å²) in [5.41, 5.74) is 4.96. The van der Waals surface area contributed by atoms with Gasteiger partial charge in [-0.1, -0.05) is 78.9 Å². The Balaban J connectivity index is 1.24. The van der Waals surface area contributed by atoms with E-state index in [0.717, 1.165) is 27.8 Å². The van der Waals surface area contributed by atoms with Crippen LogP contribution < -0.4 is 10.6 Å². The lowest BCUT2D eigenvalue weighted by Gasteiger charge is -2.22. The molecule has 5 rings (SSSR count). The van der Waals surface area contributed by atoms with Gasteiger partial charge < -0.3 is 30.0 Å². The molecule has 2 amide bonds. The van der Waals surface area contributed by atoms with Crippen LogP contribution in [0.4, 0.5) is 4.79 Å². The van der Waals surface area contributed by atoms with Crippen LogP contribution in [0.2, 0.25) is 0 Å². The molecule has 1 fully saturated rings. The van der Waals surface area contributed by atoms with E-state index in [0.29, 0.717) is 0 Å². The van der Waals surface area contributed by atoms with Gasteiger partial charge in [-0.3, -0.25) is 9.59 Å². The summed E-state index contributed by atoms with van der Waals surface area (Å²) < 4.78 is 16.1. The molecule has 2 aliphatic rings. The van der Waals surface area contributed by atoms with E-state index >= 15 is 0 Å². The van der Waals surface area contributed by atoms with Gasteiger partial charge in [-0.15, -0.1) is 0 Å². The van der Waals surface area contributed by atoms with E-state index in [1.54, 1.807) is 24.3 Å².